The van der Waals surface area contributed by atoms with E-state index in [0.717, 1.165) is 111 Å². The number of allylic oxidation sites excluding steroid dienone is 5. The van der Waals surface area contributed by atoms with Gasteiger partial charge in [0.15, 0.2) is 0 Å². The van der Waals surface area contributed by atoms with E-state index in [4.69, 9.17) is 9.47 Å². The van der Waals surface area contributed by atoms with Crippen LogP contribution in [0.4, 0.5) is 17.6 Å². The fourth-order valence-electron chi connectivity index (χ4n) is 8.89. The molecule has 3 aromatic rings. The van der Waals surface area contributed by atoms with Crippen molar-refractivity contribution in [2.45, 2.75) is 106 Å². The van der Waals surface area contributed by atoms with E-state index in [-0.39, 0.29) is 27.3 Å². The van der Waals surface area contributed by atoms with Crippen molar-refractivity contribution in [1.29, 1.82) is 0 Å². The van der Waals surface area contributed by atoms with Crippen LogP contribution in [-0.2, 0) is 4.74 Å². The molecule has 0 spiro atoms. The molecule has 0 heterocycles. The van der Waals surface area contributed by atoms with E-state index in [1.807, 2.05) is 36.4 Å². The summed E-state index contributed by atoms with van der Waals surface area (Å²) in [5.41, 5.74) is 2.79. The molecular weight excluding hydrogens is 1160 g/mol. The lowest BCUT2D eigenvalue weighted by Gasteiger charge is -2.42. The van der Waals surface area contributed by atoms with Crippen LogP contribution < -0.4 is 4.74 Å². The molecule has 6 rings (SSSR count). The minimum atomic E-state index is -1.30. The van der Waals surface area contributed by atoms with Gasteiger partial charge in [0.05, 0.1) is 16.6 Å². The van der Waals surface area contributed by atoms with E-state index in [1.54, 1.807) is 12.1 Å². The van der Waals surface area contributed by atoms with Crippen molar-refractivity contribution in [3.05, 3.63) is 107 Å². The van der Waals surface area contributed by atoms with Crippen molar-refractivity contribution in [2.75, 3.05) is 13.2 Å². The first kappa shape index (κ1) is 44.1. The largest absolute Gasteiger partial charge is 0.494 e. The Kier molecular flexibility index (Phi) is 17.0. The summed E-state index contributed by atoms with van der Waals surface area (Å²) in [5.74, 6) is 1.58. The molecule has 3 aliphatic carbocycles. The molecule has 2 saturated carbocycles. The van der Waals surface area contributed by atoms with Gasteiger partial charge < -0.3 is 9.47 Å². The van der Waals surface area contributed by atoms with Gasteiger partial charge >= 0.3 is 0 Å². The first-order valence-electron chi connectivity index (χ1n) is 19.7. The average Bonchev–Trinajstić information content (AvgIpc) is 3.15. The van der Waals surface area contributed by atoms with Crippen LogP contribution in [0, 0.1) is 29.4 Å². The molecule has 0 bridgehead atoms. The van der Waals surface area contributed by atoms with Crippen molar-refractivity contribution in [1.82, 2.24) is 0 Å². The Balaban J connectivity index is 0.847. The van der Waals surface area contributed by atoms with Crippen LogP contribution in [0.1, 0.15) is 108 Å². The third-order valence-electron chi connectivity index (χ3n) is 12.0. The molecule has 0 radical (unpaired) electrons. The number of rotatable bonds is 17. The summed E-state index contributed by atoms with van der Waals surface area (Å²) in [5, 5.41) is 2.06. The van der Waals surface area contributed by atoms with Crippen LogP contribution in [0.5, 0.6) is 5.75 Å². The minimum Gasteiger partial charge on any atom is -0.494 e. The predicted molar refractivity (Wildman–Crippen MR) is 253 cm³/mol. The number of hydrogen-bond donors (Lipinski definition) is 0. The maximum atomic E-state index is 14.8. The Hall–Kier alpha value is -0.460. The number of halogens is 8. The van der Waals surface area contributed by atoms with Crippen molar-refractivity contribution in [3.63, 3.8) is 0 Å². The second kappa shape index (κ2) is 21.2. The summed E-state index contributed by atoms with van der Waals surface area (Å²) in [6, 6.07) is 15.1. The molecule has 0 amide bonds. The predicted octanol–water partition coefficient (Wildman–Crippen LogP) is 15.8. The van der Waals surface area contributed by atoms with Gasteiger partial charge in [-0.15, -0.1) is 6.58 Å². The molecule has 2 fully saturated rings. The summed E-state index contributed by atoms with van der Waals surface area (Å²) in [6.45, 7) is 5.56. The fourth-order valence-corrected chi connectivity index (χ4v) is 11.5. The molecule has 298 valence electrons. The topological polar surface area (TPSA) is 18.5 Å². The fraction of sp³-hybridized carbons (Fsp3) is 0.511. The lowest BCUT2D eigenvalue weighted by Crippen LogP contribution is -2.34. The highest BCUT2D eigenvalue weighted by Gasteiger charge is 2.37. The zero-order valence-electron chi connectivity index (χ0n) is 31.0. The Morgan fingerprint density at radius 2 is 1.44 bits per heavy atom. The molecule has 0 saturated heterocycles. The van der Waals surface area contributed by atoms with Crippen LogP contribution >= 0.6 is 90.4 Å². The Morgan fingerprint density at radius 3 is 2.13 bits per heavy atom. The van der Waals surface area contributed by atoms with Gasteiger partial charge in [0, 0.05) is 24.2 Å². The van der Waals surface area contributed by atoms with Crippen molar-refractivity contribution in [3.8, 4) is 5.75 Å². The summed E-state index contributed by atoms with van der Waals surface area (Å²) in [7, 11) is 0. The maximum Gasteiger partial charge on any atom is 0.131 e. The van der Waals surface area contributed by atoms with Gasteiger partial charge in [-0.1, -0.05) is 121 Å². The van der Waals surface area contributed by atoms with E-state index in [0.29, 0.717) is 36.0 Å². The maximum absolute atomic E-state index is 14.8. The van der Waals surface area contributed by atoms with Crippen molar-refractivity contribution < 1.29 is 27.0 Å². The van der Waals surface area contributed by atoms with Crippen LogP contribution in [0.25, 0.3) is 16.3 Å². The highest BCUT2D eigenvalue weighted by atomic mass is 127. The summed E-state index contributed by atoms with van der Waals surface area (Å²) in [6.07, 6.45) is 15.8. The first-order valence-corrected chi connectivity index (χ1v) is 24.7. The smallest absolute Gasteiger partial charge is 0.131 e. The SMILES string of the molecule is C=CC(CCCCOc1ccc2cc(C3=CC(F)=C(C(I)I)C(F)C3)ccc2c1)CCCCOC1CCC2CC(c3cc(F)c(C(I)I)c(F)c3)CCC2C1. The summed E-state index contributed by atoms with van der Waals surface area (Å²) < 4.78 is 70.9. The van der Waals surface area contributed by atoms with E-state index >= 15 is 0 Å². The molecule has 3 aliphatic rings. The van der Waals surface area contributed by atoms with Gasteiger partial charge in [-0.05, 0) is 158 Å². The Labute approximate surface area is 379 Å². The second-order valence-corrected chi connectivity index (χ2v) is 25.3. The molecule has 0 aromatic heterocycles. The molecule has 0 aliphatic heterocycles. The molecule has 55 heavy (non-hydrogen) atoms. The number of hydrogen-bond acceptors (Lipinski definition) is 2. The summed E-state index contributed by atoms with van der Waals surface area (Å²) >= 11 is 8.23. The van der Waals surface area contributed by atoms with Crippen LogP contribution in [0.15, 0.2) is 78.7 Å². The van der Waals surface area contributed by atoms with Gasteiger partial charge in [-0.3, -0.25) is 0 Å². The zero-order valence-corrected chi connectivity index (χ0v) is 39.7. The van der Waals surface area contributed by atoms with Crippen LogP contribution in [0.2, 0.25) is 0 Å². The Morgan fingerprint density at radius 1 is 0.764 bits per heavy atom. The molecule has 6 unspecified atom stereocenters. The average molecular weight is 1210 g/mol. The van der Waals surface area contributed by atoms with Crippen molar-refractivity contribution in [2.24, 2.45) is 17.8 Å². The second-order valence-electron chi connectivity index (χ2n) is 15.5. The monoisotopic (exact) mass is 1210 g/mol. The molecule has 10 heteroatoms. The minimum absolute atomic E-state index is 0.181. The highest BCUT2D eigenvalue weighted by molar-refractivity contribution is 14.2. The van der Waals surface area contributed by atoms with Gasteiger partial charge in [0.2, 0.25) is 0 Å². The molecule has 6 atom stereocenters. The number of alkyl halides is 5. The number of ether oxygens (including phenoxy) is 2. The van der Waals surface area contributed by atoms with Gasteiger partial charge in [0.25, 0.3) is 0 Å². The lowest BCUT2D eigenvalue weighted by atomic mass is 9.65. The normalized spacial score (nSPS) is 23.6. The van der Waals surface area contributed by atoms with Gasteiger partial charge in [-0.2, -0.15) is 0 Å². The lowest BCUT2D eigenvalue weighted by molar-refractivity contribution is -0.0165. The van der Waals surface area contributed by atoms with E-state index < -0.39 is 23.6 Å². The quantitative estimate of drug-likeness (QED) is 0.0441. The highest BCUT2D eigenvalue weighted by Crippen LogP contribution is 2.48. The van der Waals surface area contributed by atoms with E-state index in [1.165, 1.54) is 6.08 Å². The van der Waals surface area contributed by atoms with E-state index in [9.17, 15) is 17.6 Å². The van der Waals surface area contributed by atoms with Crippen LogP contribution in [-0.4, -0.2) is 27.4 Å². The Bertz CT molecular complexity index is 1820. The molecular formula is C45H50F4I4O2. The molecule has 2 nitrogen and oxygen atoms in total. The molecule has 3 aromatic carbocycles. The number of unbranched alkanes of at least 4 members (excludes halogenated alkanes) is 2. The third kappa shape index (κ3) is 11.9. The molecule has 0 N–H and O–H groups in total. The van der Waals surface area contributed by atoms with Gasteiger partial charge in [0.1, 0.15) is 29.4 Å². The zero-order chi connectivity index (χ0) is 39.1. The van der Waals surface area contributed by atoms with E-state index in [2.05, 4.69) is 103 Å². The number of fused-ring (bicyclic) bond motifs is 2. The summed E-state index contributed by atoms with van der Waals surface area (Å²) in [4.78, 5) is 0. The first-order chi connectivity index (χ1) is 26.5. The third-order valence-corrected chi connectivity index (χ3v) is 14.6. The standard InChI is InChI=1S/C45H50F4I4O2/c1-2-27(7-3-5-17-54-36-15-13-28-19-30(9-11-32(28)21-36)34-23-38(46)42(44(50)51)39(47)24-34)8-4-6-18-55-37-16-14-29-20-31(10-12-33(29)22-37)35-25-40(48)43(45(52)53)41(49)26-35/h2,9,11,13,15,19,21,23,25-27,29,31,33,37,39,44-45H,1,3-8,10,12,14,16-18,20,22,24H2. The number of benzene rings is 3. The van der Waals surface area contributed by atoms with Gasteiger partial charge in [-0.25, -0.2) is 17.6 Å². The van der Waals surface area contributed by atoms with Crippen molar-refractivity contribution >= 4 is 107 Å². The van der Waals surface area contributed by atoms with Crippen LogP contribution in [0.3, 0.4) is 0 Å².